The molecule has 1 amide bonds. The van der Waals surface area contributed by atoms with E-state index in [9.17, 15) is 14.4 Å². The summed E-state index contributed by atoms with van der Waals surface area (Å²) in [6.07, 6.45) is 0.191. The Bertz CT molecular complexity index is 1330. The van der Waals surface area contributed by atoms with Crippen LogP contribution in [0.5, 0.6) is 0 Å². The number of nitrogens with zero attached hydrogens (tertiary/aromatic N) is 3. The van der Waals surface area contributed by atoms with Crippen LogP contribution in [0, 0.1) is 6.92 Å². The van der Waals surface area contributed by atoms with Crippen molar-refractivity contribution in [3.63, 3.8) is 0 Å². The number of carbonyl (C=O) groups excluding carboxylic acids is 1. The van der Waals surface area contributed by atoms with E-state index in [2.05, 4.69) is 25.5 Å². The molecule has 0 atom stereocenters. The quantitative estimate of drug-likeness (QED) is 0.373. The van der Waals surface area contributed by atoms with E-state index in [1.165, 1.54) is 17.8 Å². The third-order valence-electron chi connectivity index (χ3n) is 4.51. The molecule has 162 valence electrons. The van der Waals surface area contributed by atoms with Crippen molar-refractivity contribution in [2.75, 3.05) is 11.1 Å². The topological polar surface area (TPSA) is 126 Å². The molecule has 0 saturated heterocycles. The molecule has 0 aliphatic heterocycles. The molecule has 10 heteroatoms. The predicted molar refractivity (Wildman–Crippen MR) is 122 cm³/mol. The summed E-state index contributed by atoms with van der Waals surface area (Å²) in [4.78, 5) is 40.5. The maximum Gasteiger partial charge on any atom is 0.325 e. The first-order valence-corrected chi connectivity index (χ1v) is 10.8. The van der Waals surface area contributed by atoms with Gasteiger partial charge in [0.25, 0.3) is 5.56 Å². The molecule has 2 heterocycles. The fraction of sp³-hybridized carbons (Fsp3) is 0.136. The zero-order valence-electron chi connectivity index (χ0n) is 17.2. The summed E-state index contributed by atoms with van der Waals surface area (Å²) in [7, 11) is 0. The van der Waals surface area contributed by atoms with E-state index in [1.54, 1.807) is 0 Å². The molecule has 0 aliphatic rings. The first kappa shape index (κ1) is 21.3. The van der Waals surface area contributed by atoms with Gasteiger partial charge >= 0.3 is 5.69 Å². The number of aryl methyl sites for hydroxylation is 1. The van der Waals surface area contributed by atoms with Crippen molar-refractivity contribution in [2.24, 2.45) is 0 Å². The van der Waals surface area contributed by atoms with Gasteiger partial charge in [-0.2, -0.15) is 0 Å². The Morgan fingerprint density at radius 2 is 1.84 bits per heavy atom. The van der Waals surface area contributed by atoms with Gasteiger partial charge in [0, 0.05) is 29.6 Å². The van der Waals surface area contributed by atoms with E-state index >= 15 is 0 Å². The van der Waals surface area contributed by atoms with Crippen molar-refractivity contribution < 1.29 is 4.79 Å². The second kappa shape index (κ2) is 9.48. The lowest BCUT2D eigenvalue weighted by Crippen LogP contribution is -2.23. The molecule has 0 aliphatic carbocycles. The number of aromatic amines is 2. The molecule has 4 aromatic rings. The molecule has 2 aromatic heterocycles. The molecule has 2 aromatic carbocycles. The summed E-state index contributed by atoms with van der Waals surface area (Å²) in [5, 5.41) is 11.9. The molecule has 3 N–H and O–H groups in total. The number of benzene rings is 2. The van der Waals surface area contributed by atoms with Crippen LogP contribution in [0.1, 0.15) is 17.1 Å². The summed E-state index contributed by atoms with van der Waals surface area (Å²) in [5.74, 6) is 0.504. The second-order valence-corrected chi connectivity index (χ2v) is 8.01. The van der Waals surface area contributed by atoms with Gasteiger partial charge in [-0.1, -0.05) is 42.1 Å². The number of nitrogens with one attached hydrogen (secondary N) is 3. The molecule has 0 radical (unpaired) electrons. The SMILES string of the molecule is Cc1cccc(-n2c(Cc3cc(=O)[nH]c(=O)[nH]3)nnc2SCC(=O)Nc2ccccc2)c1. The largest absolute Gasteiger partial charge is 0.325 e. The highest BCUT2D eigenvalue weighted by molar-refractivity contribution is 7.99. The summed E-state index contributed by atoms with van der Waals surface area (Å²) < 4.78 is 1.83. The number of hydrogen-bond acceptors (Lipinski definition) is 6. The van der Waals surface area contributed by atoms with E-state index in [0.29, 0.717) is 16.7 Å². The highest BCUT2D eigenvalue weighted by Crippen LogP contribution is 2.24. The first-order valence-electron chi connectivity index (χ1n) is 9.79. The van der Waals surface area contributed by atoms with Gasteiger partial charge in [0.1, 0.15) is 5.82 Å². The Morgan fingerprint density at radius 1 is 1.03 bits per heavy atom. The van der Waals surface area contributed by atoms with Crippen LogP contribution in [-0.4, -0.2) is 36.4 Å². The van der Waals surface area contributed by atoms with Crippen molar-refractivity contribution in [3.8, 4) is 5.69 Å². The minimum Gasteiger partial charge on any atom is -0.325 e. The summed E-state index contributed by atoms with van der Waals surface area (Å²) in [5.41, 5.74) is 1.93. The lowest BCUT2D eigenvalue weighted by atomic mass is 10.2. The summed E-state index contributed by atoms with van der Waals surface area (Å²) in [6.45, 7) is 1.97. The van der Waals surface area contributed by atoms with Crippen LogP contribution in [0.4, 0.5) is 5.69 Å². The van der Waals surface area contributed by atoms with Gasteiger partial charge < -0.3 is 10.3 Å². The minimum absolute atomic E-state index is 0.140. The van der Waals surface area contributed by atoms with Gasteiger partial charge in [-0.15, -0.1) is 10.2 Å². The molecule has 0 spiro atoms. The third kappa shape index (κ3) is 5.22. The predicted octanol–water partition coefficient (Wildman–Crippen LogP) is 2.27. The van der Waals surface area contributed by atoms with Gasteiger partial charge in [-0.25, -0.2) is 4.79 Å². The van der Waals surface area contributed by atoms with Crippen molar-refractivity contribution >= 4 is 23.4 Å². The number of para-hydroxylation sites is 1. The lowest BCUT2D eigenvalue weighted by Gasteiger charge is -2.11. The van der Waals surface area contributed by atoms with Crippen molar-refractivity contribution in [1.29, 1.82) is 0 Å². The Hall–Kier alpha value is -3.92. The number of hydrogen-bond donors (Lipinski definition) is 3. The fourth-order valence-corrected chi connectivity index (χ4v) is 3.94. The van der Waals surface area contributed by atoms with Crippen molar-refractivity contribution in [2.45, 2.75) is 18.5 Å². The third-order valence-corrected chi connectivity index (χ3v) is 5.44. The maximum atomic E-state index is 12.4. The molecule has 9 nitrogen and oxygen atoms in total. The zero-order valence-corrected chi connectivity index (χ0v) is 18.0. The van der Waals surface area contributed by atoms with Crippen LogP contribution >= 0.6 is 11.8 Å². The van der Waals surface area contributed by atoms with E-state index in [-0.39, 0.29) is 18.1 Å². The molecule has 0 saturated carbocycles. The zero-order chi connectivity index (χ0) is 22.5. The van der Waals surface area contributed by atoms with Crippen LogP contribution in [0.3, 0.4) is 0 Å². The van der Waals surface area contributed by atoms with E-state index < -0.39 is 11.2 Å². The number of anilines is 1. The van der Waals surface area contributed by atoms with Gasteiger partial charge in [-0.3, -0.25) is 19.1 Å². The average molecular weight is 449 g/mol. The van der Waals surface area contributed by atoms with Crippen LogP contribution < -0.4 is 16.6 Å². The smallest absolute Gasteiger partial charge is 0.325 e. The Balaban J connectivity index is 1.61. The van der Waals surface area contributed by atoms with E-state index in [0.717, 1.165) is 16.9 Å². The van der Waals surface area contributed by atoms with Crippen LogP contribution in [-0.2, 0) is 11.2 Å². The number of H-pyrrole nitrogens is 2. The lowest BCUT2D eigenvalue weighted by molar-refractivity contribution is -0.113. The number of aromatic nitrogens is 5. The van der Waals surface area contributed by atoms with Gasteiger partial charge in [0.15, 0.2) is 5.16 Å². The average Bonchev–Trinajstić information content (AvgIpc) is 3.14. The van der Waals surface area contributed by atoms with Gasteiger partial charge in [0.2, 0.25) is 5.91 Å². The van der Waals surface area contributed by atoms with Gasteiger partial charge in [0.05, 0.1) is 5.75 Å². The highest BCUT2D eigenvalue weighted by Gasteiger charge is 2.17. The standard InChI is InChI=1S/C22H20N6O3S/c1-14-6-5-9-17(10-14)28-18(11-16-12-19(29)25-21(31)24-16)26-27-22(28)32-13-20(30)23-15-7-3-2-4-8-15/h2-10,12H,11,13H2,1H3,(H,23,30)(H2,24,25,29,31). The minimum atomic E-state index is -0.582. The Morgan fingerprint density at radius 3 is 2.59 bits per heavy atom. The molecule has 32 heavy (non-hydrogen) atoms. The number of rotatable bonds is 7. The molecule has 0 fully saturated rings. The highest BCUT2D eigenvalue weighted by atomic mass is 32.2. The van der Waals surface area contributed by atoms with E-state index in [4.69, 9.17) is 0 Å². The van der Waals surface area contributed by atoms with Crippen molar-refractivity contribution in [3.05, 3.63) is 98.6 Å². The van der Waals surface area contributed by atoms with Crippen LogP contribution in [0.25, 0.3) is 5.69 Å². The number of carbonyl (C=O) groups is 1. The maximum absolute atomic E-state index is 12.4. The van der Waals surface area contributed by atoms with Crippen LogP contribution in [0.15, 0.2) is 75.4 Å². The Kier molecular flexibility index (Phi) is 6.31. The van der Waals surface area contributed by atoms with E-state index in [1.807, 2.05) is 66.1 Å². The summed E-state index contributed by atoms with van der Waals surface area (Å²) in [6, 6.07) is 18.3. The number of thioether (sulfide) groups is 1. The van der Waals surface area contributed by atoms with Gasteiger partial charge in [-0.05, 0) is 36.8 Å². The van der Waals surface area contributed by atoms with Crippen LogP contribution in [0.2, 0.25) is 0 Å². The molecular formula is C22H20N6O3S. The monoisotopic (exact) mass is 448 g/mol. The first-order chi connectivity index (χ1) is 15.5. The fourth-order valence-electron chi connectivity index (χ4n) is 3.17. The molecular weight excluding hydrogens is 428 g/mol. The molecule has 0 unspecified atom stereocenters. The second-order valence-electron chi connectivity index (χ2n) is 7.07. The number of amides is 1. The Labute approximate surface area is 186 Å². The molecule has 4 rings (SSSR count). The summed E-state index contributed by atoms with van der Waals surface area (Å²) >= 11 is 1.25. The molecule has 0 bridgehead atoms. The normalized spacial score (nSPS) is 10.8. The van der Waals surface area contributed by atoms with Crippen molar-refractivity contribution in [1.82, 2.24) is 24.7 Å².